The summed E-state index contributed by atoms with van der Waals surface area (Å²) < 4.78 is 0. The van der Waals surface area contributed by atoms with Crippen LogP contribution < -0.4 is 0 Å². The Morgan fingerprint density at radius 1 is 0.533 bits per heavy atom. The highest BCUT2D eigenvalue weighted by atomic mass is 16.3. The molecule has 0 aromatic carbocycles. The second kappa shape index (κ2) is 5.83. The molecule has 15 heavy (non-hydrogen) atoms. The third-order valence-corrected chi connectivity index (χ3v) is 2.20. The Kier molecular flexibility index (Phi) is 4.38. The van der Waals surface area contributed by atoms with Gasteiger partial charge in [-0.25, -0.2) is 0 Å². The molecule has 0 bridgehead atoms. The van der Waals surface area contributed by atoms with Gasteiger partial charge in [-0.1, -0.05) is 0 Å². The largest absolute Gasteiger partial charge is 0.257 e. The summed E-state index contributed by atoms with van der Waals surface area (Å²) in [6, 6.07) is 0. The van der Waals surface area contributed by atoms with Gasteiger partial charge in [0, 0.05) is 0 Å². The first-order chi connectivity index (χ1) is 7.30. The normalized spacial score (nSPS) is 18.8. The Hall–Kier alpha value is -1.80. The molecule has 9 nitrogen and oxygen atoms in total. The molecule has 1 aliphatic rings. The van der Waals surface area contributed by atoms with Gasteiger partial charge >= 0.3 is 0 Å². The molecule has 1 saturated heterocycles. The SMILES string of the molecule is O=NN1CCN(N=O)CCN(N=O)CC1. The van der Waals surface area contributed by atoms with Crippen molar-refractivity contribution in [2.45, 2.75) is 0 Å². The van der Waals surface area contributed by atoms with Gasteiger partial charge in [0.1, 0.15) is 0 Å². The van der Waals surface area contributed by atoms with Crippen molar-refractivity contribution >= 4 is 0 Å². The fraction of sp³-hybridized carbons (Fsp3) is 1.00. The van der Waals surface area contributed by atoms with Crippen molar-refractivity contribution in [2.24, 2.45) is 15.9 Å². The fourth-order valence-electron chi connectivity index (χ4n) is 1.27. The highest BCUT2D eigenvalue weighted by molar-refractivity contribution is 4.65. The van der Waals surface area contributed by atoms with E-state index in [1.807, 2.05) is 0 Å². The topological polar surface area (TPSA) is 98.0 Å². The molecule has 9 heteroatoms. The van der Waals surface area contributed by atoms with Gasteiger partial charge in [0.05, 0.1) is 55.1 Å². The lowest BCUT2D eigenvalue weighted by molar-refractivity contribution is 0.227. The molecule has 1 aliphatic heterocycles. The Morgan fingerprint density at radius 3 is 0.867 bits per heavy atom. The summed E-state index contributed by atoms with van der Waals surface area (Å²) in [6.45, 7) is 1.93. The Morgan fingerprint density at radius 2 is 0.733 bits per heavy atom. The zero-order valence-electron chi connectivity index (χ0n) is 8.15. The van der Waals surface area contributed by atoms with Gasteiger partial charge in [0.25, 0.3) is 0 Å². The van der Waals surface area contributed by atoms with Gasteiger partial charge in [-0.05, 0) is 0 Å². The van der Waals surface area contributed by atoms with Crippen LogP contribution in [0.2, 0.25) is 0 Å². The van der Waals surface area contributed by atoms with Crippen LogP contribution in [-0.2, 0) is 0 Å². The van der Waals surface area contributed by atoms with Gasteiger partial charge in [-0.2, -0.15) is 0 Å². The summed E-state index contributed by atoms with van der Waals surface area (Å²) >= 11 is 0. The second-order valence-corrected chi connectivity index (χ2v) is 3.11. The molecule has 0 saturated carbocycles. The lowest BCUT2D eigenvalue weighted by atomic mass is 10.5. The van der Waals surface area contributed by atoms with Crippen molar-refractivity contribution in [1.29, 1.82) is 0 Å². The maximum Gasteiger partial charge on any atom is 0.0586 e. The molecule has 0 aromatic rings. The molecule has 0 radical (unpaired) electrons. The molecule has 0 atom stereocenters. The number of hydrogen-bond acceptors (Lipinski definition) is 6. The van der Waals surface area contributed by atoms with E-state index in [0.717, 1.165) is 0 Å². The van der Waals surface area contributed by atoms with Crippen molar-refractivity contribution in [1.82, 2.24) is 15.0 Å². The van der Waals surface area contributed by atoms with E-state index in [0.29, 0.717) is 39.3 Å². The van der Waals surface area contributed by atoms with E-state index in [1.54, 1.807) is 0 Å². The minimum atomic E-state index is 0.321. The predicted molar refractivity (Wildman–Crippen MR) is 52.1 cm³/mol. The number of nitrogens with zero attached hydrogens (tertiary/aromatic N) is 6. The highest BCUT2D eigenvalue weighted by Crippen LogP contribution is 2.00. The van der Waals surface area contributed by atoms with Crippen LogP contribution in [0.15, 0.2) is 15.9 Å². The lowest BCUT2D eigenvalue weighted by Gasteiger charge is -2.16. The van der Waals surface area contributed by atoms with Crippen LogP contribution in [0.5, 0.6) is 0 Å². The summed E-state index contributed by atoms with van der Waals surface area (Å²) in [5.41, 5.74) is 0. The van der Waals surface area contributed by atoms with Crippen LogP contribution >= 0.6 is 0 Å². The molecule has 1 rings (SSSR count). The van der Waals surface area contributed by atoms with Gasteiger partial charge < -0.3 is 0 Å². The molecular weight excluding hydrogens is 204 g/mol. The summed E-state index contributed by atoms with van der Waals surface area (Å²) in [4.78, 5) is 31.0. The average Bonchev–Trinajstić information content (AvgIpc) is 2.38. The van der Waals surface area contributed by atoms with Crippen LogP contribution in [0.25, 0.3) is 0 Å². The first-order valence-electron chi connectivity index (χ1n) is 4.55. The molecule has 0 amide bonds. The molecule has 1 heterocycles. The van der Waals surface area contributed by atoms with Crippen molar-refractivity contribution in [3.05, 3.63) is 14.7 Å². The molecule has 0 aliphatic carbocycles. The van der Waals surface area contributed by atoms with E-state index in [-0.39, 0.29) is 0 Å². The van der Waals surface area contributed by atoms with Crippen LogP contribution in [0.4, 0.5) is 0 Å². The maximum atomic E-state index is 10.3. The van der Waals surface area contributed by atoms with Crippen molar-refractivity contribution in [2.75, 3.05) is 39.3 Å². The fourth-order valence-corrected chi connectivity index (χ4v) is 1.27. The minimum Gasteiger partial charge on any atom is -0.257 e. The third-order valence-electron chi connectivity index (χ3n) is 2.20. The monoisotopic (exact) mass is 216 g/mol. The molecule has 0 aromatic heterocycles. The zero-order chi connectivity index (χ0) is 11.1. The summed E-state index contributed by atoms with van der Waals surface area (Å²) in [5.74, 6) is 0. The summed E-state index contributed by atoms with van der Waals surface area (Å²) in [7, 11) is 0. The second-order valence-electron chi connectivity index (χ2n) is 3.11. The van der Waals surface area contributed by atoms with E-state index in [1.165, 1.54) is 15.0 Å². The molecule has 0 N–H and O–H groups in total. The number of rotatable bonds is 3. The highest BCUT2D eigenvalue weighted by Gasteiger charge is 2.15. The molecule has 84 valence electrons. The van der Waals surface area contributed by atoms with Gasteiger partial charge in [0.15, 0.2) is 0 Å². The van der Waals surface area contributed by atoms with Crippen molar-refractivity contribution < 1.29 is 0 Å². The lowest BCUT2D eigenvalue weighted by Crippen LogP contribution is -2.29. The van der Waals surface area contributed by atoms with E-state index in [2.05, 4.69) is 15.9 Å². The molecular formula is C6H12N6O3. The van der Waals surface area contributed by atoms with Gasteiger partial charge in [-0.3, -0.25) is 15.0 Å². The maximum absolute atomic E-state index is 10.3. The van der Waals surface area contributed by atoms with Crippen LogP contribution in [0.3, 0.4) is 0 Å². The Balaban J connectivity index is 2.58. The van der Waals surface area contributed by atoms with E-state index in [9.17, 15) is 14.7 Å². The average molecular weight is 216 g/mol. The minimum absolute atomic E-state index is 0.321. The molecule has 0 spiro atoms. The van der Waals surface area contributed by atoms with Crippen LogP contribution in [0, 0.1) is 14.7 Å². The summed E-state index contributed by atoms with van der Waals surface area (Å²) in [6.07, 6.45) is 0. The van der Waals surface area contributed by atoms with Crippen LogP contribution in [-0.4, -0.2) is 54.3 Å². The van der Waals surface area contributed by atoms with Gasteiger partial charge in [-0.15, -0.1) is 14.7 Å². The molecule has 1 fully saturated rings. The van der Waals surface area contributed by atoms with E-state index >= 15 is 0 Å². The van der Waals surface area contributed by atoms with E-state index < -0.39 is 0 Å². The van der Waals surface area contributed by atoms with Gasteiger partial charge in [0.2, 0.25) is 0 Å². The third kappa shape index (κ3) is 3.44. The quantitative estimate of drug-likeness (QED) is 0.613. The van der Waals surface area contributed by atoms with Crippen molar-refractivity contribution in [3.8, 4) is 0 Å². The smallest absolute Gasteiger partial charge is 0.0586 e. The standard InChI is InChI=1S/C6H12N6O3/c13-7-10-1-2-11(8-14)5-6-12(9-15)4-3-10/h1-6H2. The summed E-state index contributed by atoms with van der Waals surface area (Å²) in [5, 5.41) is 12.0. The predicted octanol–water partition coefficient (Wildman–Crippen LogP) is -0.0498. The first kappa shape index (κ1) is 11.3. The zero-order valence-corrected chi connectivity index (χ0v) is 8.15. The number of nitroso groups, excluding NO2 is 3. The van der Waals surface area contributed by atoms with Crippen LogP contribution in [0.1, 0.15) is 0 Å². The first-order valence-corrected chi connectivity index (χ1v) is 4.55. The van der Waals surface area contributed by atoms with E-state index in [4.69, 9.17) is 0 Å². The number of hydrogen-bond donors (Lipinski definition) is 0. The Bertz CT molecular complexity index is 187. The molecule has 0 unspecified atom stereocenters. The Labute approximate surface area is 85.8 Å². The van der Waals surface area contributed by atoms with Crippen molar-refractivity contribution in [3.63, 3.8) is 0 Å².